The fourth-order valence-corrected chi connectivity index (χ4v) is 3.51. The van der Waals surface area contributed by atoms with E-state index in [2.05, 4.69) is 4.52 Å². The van der Waals surface area contributed by atoms with E-state index in [0.717, 1.165) is 0 Å². The molecule has 1 aromatic carbocycles. The molecule has 0 bridgehead atoms. The van der Waals surface area contributed by atoms with Crippen LogP contribution in [-0.4, -0.2) is 14.9 Å². The average molecular weight is 378 g/mol. The van der Waals surface area contributed by atoms with E-state index in [1.807, 2.05) is 22.6 Å². The molecule has 0 aliphatic rings. The lowest BCUT2D eigenvalue weighted by Crippen LogP contribution is -2.23. The minimum absolute atomic E-state index is 0.00520. The standard InChI is InChI=1S/C7H9IO6P2/c8-6-4-2-1-3-5(6)7(9,15(10)11)14-16(12)13/h1-4,9,15-16H,(H,10,11)(H,12,13). The first-order chi connectivity index (χ1) is 7.38. The van der Waals surface area contributed by atoms with Crippen LogP contribution in [0.1, 0.15) is 5.56 Å². The SMILES string of the molecule is O=[PH](O)OC(O)(c1ccccc1I)[PH](=O)O. The van der Waals surface area contributed by atoms with Gasteiger partial charge in [0.05, 0.1) is 0 Å². The molecule has 0 amide bonds. The van der Waals surface area contributed by atoms with Crippen LogP contribution in [0, 0.1) is 3.57 Å². The topological polar surface area (TPSA) is 104 Å². The normalized spacial score (nSPS) is 18.8. The molecule has 0 fully saturated rings. The van der Waals surface area contributed by atoms with Crippen LogP contribution in [0.25, 0.3) is 0 Å². The van der Waals surface area contributed by atoms with Crippen molar-refractivity contribution in [1.82, 2.24) is 0 Å². The molecule has 0 aromatic heterocycles. The van der Waals surface area contributed by atoms with Crippen LogP contribution in [0.15, 0.2) is 24.3 Å². The fraction of sp³-hybridized carbons (Fsp3) is 0.143. The van der Waals surface area contributed by atoms with Gasteiger partial charge in [0.25, 0.3) is 13.6 Å². The van der Waals surface area contributed by atoms with Crippen molar-refractivity contribution in [3.05, 3.63) is 33.4 Å². The van der Waals surface area contributed by atoms with Gasteiger partial charge in [0.1, 0.15) is 0 Å². The van der Waals surface area contributed by atoms with Crippen LogP contribution < -0.4 is 0 Å². The van der Waals surface area contributed by atoms with E-state index in [0.29, 0.717) is 3.57 Å². The molecule has 0 saturated carbocycles. The van der Waals surface area contributed by atoms with Gasteiger partial charge in [-0.2, -0.15) is 0 Å². The summed E-state index contributed by atoms with van der Waals surface area (Å²) in [6, 6.07) is 6.10. The Kier molecular flexibility index (Phi) is 5.12. The maximum atomic E-state index is 11.1. The van der Waals surface area contributed by atoms with Gasteiger partial charge >= 0.3 is 8.25 Å². The molecule has 0 saturated heterocycles. The van der Waals surface area contributed by atoms with Crippen LogP contribution in [0.2, 0.25) is 0 Å². The number of benzene rings is 1. The van der Waals surface area contributed by atoms with E-state index in [-0.39, 0.29) is 5.56 Å². The number of rotatable bonds is 4. The van der Waals surface area contributed by atoms with Crippen LogP contribution >= 0.6 is 38.9 Å². The molecule has 0 heterocycles. The highest BCUT2D eigenvalue weighted by atomic mass is 127. The van der Waals surface area contributed by atoms with Crippen molar-refractivity contribution in [2.45, 2.75) is 5.53 Å². The molecule has 3 atom stereocenters. The van der Waals surface area contributed by atoms with Gasteiger partial charge in [-0.15, -0.1) is 0 Å². The molecule has 0 aliphatic heterocycles. The Balaban J connectivity index is 3.27. The third-order valence-electron chi connectivity index (χ3n) is 1.76. The van der Waals surface area contributed by atoms with E-state index >= 15 is 0 Å². The van der Waals surface area contributed by atoms with E-state index in [1.165, 1.54) is 12.1 Å². The van der Waals surface area contributed by atoms with Crippen molar-refractivity contribution in [2.75, 3.05) is 0 Å². The Morgan fingerprint density at radius 3 is 2.25 bits per heavy atom. The number of hydrogen-bond donors (Lipinski definition) is 3. The Morgan fingerprint density at radius 1 is 1.25 bits per heavy atom. The predicted octanol–water partition coefficient (Wildman–Crippen LogP) is 1.26. The Labute approximate surface area is 106 Å². The van der Waals surface area contributed by atoms with Crippen molar-refractivity contribution in [3.8, 4) is 0 Å². The molecule has 0 radical (unpaired) electrons. The van der Waals surface area contributed by atoms with Gasteiger partial charge in [0, 0.05) is 9.13 Å². The monoisotopic (exact) mass is 378 g/mol. The van der Waals surface area contributed by atoms with Crippen molar-refractivity contribution in [1.29, 1.82) is 0 Å². The van der Waals surface area contributed by atoms with E-state index in [4.69, 9.17) is 9.79 Å². The summed E-state index contributed by atoms with van der Waals surface area (Å²) in [4.78, 5) is 17.6. The molecule has 3 N–H and O–H groups in total. The highest BCUT2D eigenvalue weighted by Gasteiger charge is 2.40. The van der Waals surface area contributed by atoms with Gasteiger partial charge in [-0.1, -0.05) is 18.2 Å². The molecule has 9 heteroatoms. The first-order valence-corrected chi connectivity index (χ1v) is 7.70. The van der Waals surface area contributed by atoms with Crippen molar-refractivity contribution < 1.29 is 28.5 Å². The summed E-state index contributed by atoms with van der Waals surface area (Å²) < 4.78 is 26.4. The fourth-order valence-electron chi connectivity index (χ4n) is 1.08. The molecule has 1 rings (SSSR count). The summed E-state index contributed by atoms with van der Waals surface area (Å²) in [5.41, 5.74) is -2.62. The minimum Gasteiger partial charge on any atom is -0.354 e. The van der Waals surface area contributed by atoms with Crippen molar-refractivity contribution in [2.24, 2.45) is 0 Å². The van der Waals surface area contributed by atoms with Crippen LogP contribution in [0.3, 0.4) is 0 Å². The summed E-state index contributed by atoms with van der Waals surface area (Å²) >= 11 is 1.82. The maximum absolute atomic E-state index is 11.1. The molecule has 16 heavy (non-hydrogen) atoms. The summed E-state index contributed by atoms with van der Waals surface area (Å²) in [5, 5.41) is 9.83. The number of hydrogen-bond acceptors (Lipinski definition) is 4. The molecular weight excluding hydrogens is 369 g/mol. The molecule has 0 spiro atoms. The highest BCUT2D eigenvalue weighted by molar-refractivity contribution is 14.1. The molecule has 6 nitrogen and oxygen atoms in total. The van der Waals surface area contributed by atoms with E-state index < -0.39 is 21.8 Å². The van der Waals surface area contributed by atoms with Gasteiger partial charge in [-0.25, -0.2) is 0 Å². The third-order valence-corrected chi connectivity index (χ3v) is 4.33. The maximum Gasteiger partial charge on any atom is 0.319 e. The third kappa shape index (κ3) is 3.13. The average Bonchev–Trinajstić information content (AvgIpc) is 2.16. The zero-order valence-corrected chi connectivity index (χ0v) is 11.9. The second-order valence-corrected chi connectivity index (χ2v) is 5.98. The lowest BCUT2D eigenvalue weighted by Gasteiger charge is -2.24. The summed E-state index contributed by atoms with van der Waals surface area (Å²) in [6.07, 6.45) is 0. The van der Waals surface area contributed by atoms with Crippen LogP contribution in [0.4, 0.5) is 0 Å². The van der Waals surface area contributed by atoms with Gasteiger partial charge in [0.15, 0.2) is 0 Å². The van der Waals surface area contributed by atoms with Crippen molar-refractivity contribution >= 4 is 38.9 Å². The predicted molar refractivity (Wildman–Crippen MR) is 66.6 cm³/mol. The molecule has 90 valence electrons. The zero-order chi connectivity index (χ0) is 12.3. The van der Waals surface area contributed by atoms with Crippen LogP contribution in [0.5, 0.6) is 0 Å². The van der Waals surface area contributed by atoms with E-state index in [1.54, 1.807) is 12.1 Å². The van der Waals surface area contributed by atoms with E-state index in [9.17, 15) is 14.2 Å². The Bertz CT molecular complexity index is 439. The summed E-state index contributed by atoms with van der Waals surface area (Å²) in [7, 11) is -7.13. The van der Waals surface area contributed by atoms with Gasteiger partial charge in [0.2, 0.25) is 0 Å². The Hall–Kier alpha value is 0.250. The largest absolute Gasteiger partial charge is 0.354 e. The lowest BCUT2D eigenvalue weighted by molar-refractivity contribution is -0.0747. The lowest BCUT2D eigenvalue weighted by atomic mass is 10.2. The molecular formula is C7H9IO6P2. The smallest absolute Gasteiger partial charge is 0.319 e. The van der Waals surface area contributed by atoms with Gasteiger partial charge in [-0.3, -0.25) is 13.7 Å². The van der Waals surface area contributed by atoms with Crippen LogP contribution in [-0.2, 0) is 19.2 Å². The quantitative estimate of drug-likeness (QED) is 0.414. The molecule has 3 unspecified atom stereocenters. The first kappa shape index (κ1) is 14.3. The summed E-state index contributed by atoms with van der Waals surface area (Å²) in [6.45, 7) is 0. The van der Waals surface area contributed by atoms with Crippen molar-refractivity contribution in [3.63, 3.8) is 0 Å². The minimum atomic E-state index is -3.60. The van der Waals surface area contributed by atoms with Gasteiger partial charge < -0.3 is 14.9 Å². The second-order valence-electron chi connectivity index (χ2n) is 2.80. The molecule has 0 aliphatic carbocycles. The number of halogens is 1. The van der Waals surface area contributed by atoms with Gasteiger partial charge in [-0.05, 0) is 28.7 Å². The molecule has 1 aromatic rings. The first-order valence-electron chi connectivity index (χ1n) is 4.00. The second kappa shape index (κ2) is 5.73. The number of aliphatic hydroxyl groups is 1. The Morgan fingerprint density at radius 2 is 1.81 bits per heavy atom. The summed E-state index contributed by atoms with van der Waals surface area (Å²) in [5.74, 6) is 0. The highest BCUT2D eigenvalue weighted by Crippen LogP contribution is 2.49. The zero-order valence-electron chi connectivity index (χ0n) is 7.75.